The van der Waals surface area contributed by atoms with E-state index in [0.29, 0.717) is 19.1 Å². The fourth-order valence-corrected chi connectivity index (χ4v) is 3.52. The van der Waals surface area contributed by atoms with Gasteiger partial charge in [-0.25, -0.2) is 9.52 Å². The van der Waals surface area contributed by atoms with Crippen LogP contribution in [0.5, 0.6) is 0 Å². The molecular formula is C18H33NO4S. The number of carboxylic acids is 1. The zero-order valence-corrected chi connectivity index (χ0v) is 15.6. The van der Waals surface area contributed by atoms with Gasteiger partial charge in [0.25, 0.3) is 0 Å². The van der Waals surface area contributed by atoms with Gasteiger partial charge in [0.05, 0.1) is 6.04 Å². The number of rotatable bonds is 15. The molecule has 1 unspecified atom stereocenters. The normalized spacial score (nSPS) is 17.7. The quantitative estimate of drug-likeness (QED) is 0.235. The summed E-state index contributed by atoms with van der Waals surface area (Å²) in [4.78, 5) is 21.3. The number of hydrogen-bond acceptors (Lipinski definition) is 5. The smallest absolute Gasteiger partial charge is 0.382 e. The van der Waals surface area contributed by atoms with Crippen LogP contribution >= 0.6 is 11.9 Å². The van der Waals surface area contributed by atoms with Crippen LogP contribution in [0.2, 0.25) is 0 Å². The SMILES string of the molecule is O=C(O)CCCCCCCCCCCCCCC1COC(=O)SN1. The highest BCUT2D eigenvalue weighted by atomic mass is 32.2. The number of carbonyl (C=O) groups excluding carboxylic acids is 1. The van der Waals surface area contributed by atoms with Crippen molar-refractivity contribution in [2.24, 2.45) is 0 Å². The Hall–Kier alpha value is -0.750. The molecule has 1 rings (SSSR count). The maximum Gasteiger partial charge on any atom is 0.382 e. The molecule has 1 atom stereocenters. The van der Waals surface area contributed by atoms with Crippen molar-refractivity contribution in [1.82, 2.24) is 4.72 Å². The summed E-state index contributed by atoms with van der Waals surface area (Å²) in [5.41, 5.74) is 0. The van der Waals surface area contributed by atoms with E-state index >= 15 is 0 Å². The Morgan fingerprint density at radius 2 is 1.46 bits per heavy atom. The Labute approximate surface area is 150 Å². The van der Waals surface area contributed by atoms with Crippen LogP contribution in [-0.2, 0) is 9.53 Å². The van der Waals surface area contributed by atoms with E-state index in [1.165, 1.54) is 64.2 Å². The van der Waals surface area contributed by atoms with Crippen LogP contribution in [0, 0.1) is 0 Å². The van der Waals surface area contributed by atoms with Crippen LogP contribution in [0.25, 0.3) is 0 Å². The molecule has 24 heavy (non-hydrogen) atoms. The summed E-state index contributed by atoms with van der Waals surface area (Å²) >= 11 is 1.08. The third kappa shape index (κ3) is 12.6. The van der Waals surface area contributed by atoms with Crippen molar-refractivity contribution in [3.05, 3.63) is 0 Å². The minimum Gasteiger partial charge on any atom is -0.481 e. The Bertz CT molecular complexity index is 342. The van der Waals surface area contributed by atoms with Gasteiger partial charge in [0.15, 0.2) is 0 Å². The van der Waals surface area contributed by atoms with E-state index in [4.69, 9.17) is 9.84 Å². The van der Waals surface area contributed by atoms with Gasteiger partial charge < -0.3 is 9.84 Å². The Kier molecular flexibility index (Phi) is 12.9. The summed E-state index contributed by atoms with van der Waals surface area (Å²) < 4.78 is 8.13. The first kappa shape index (κ1) is 21.3. The van der Waals surface area contributed by atoms with Gasteiger partial charge in [-0.3, -0.25) is 4.79 Å². The van der Waals surface area contributed by atoms with E-state index in [9.17, 15) is 9.59 Å². The van der Waals surface area contributed by atoms with E-state index in [1.807, 2.05) is 0 Å². The van der Waals surface area contributed by atoms with Gasteiger partial charge in [-0.15, -0.1) is 0 Å². The van der Waals surface area contributed by atoms with Gasteiger partial charge in [0, 0.05) is 18.4 Å². The Morgan fingerprint density at radius 1 is 0.958 bits per heavy atom. The number of hydrogen-bond donors (Lipinski definition) is 2. The van der Waals surface area contributed by atoms with Gasteiger partial charge >= 0.3 is 11.3 Å². The second-order valence-corrected chi connectivity index (χ2v) is 7.43. The molecule has 0 amide bonds. The molecule has 2 N–H and O–H groups in total. The van der Waals surface area contributed by atoms with Crippen LogP contribution in [0.4, 0.5) is 4.79 Å². The molecule has 1 saturated heterocycles. The van der Waals surface area contributed by atoms with E-state index in [2.05, 4.69) is 4.72 Å². The van der Waals surface area contributed by atoms with Crippen molar-refractivity contribution in [2.45, 2.75) is 95.9 Å². The summed E-state index contributed by atoms with van der Waals surface area (Å²) in [6.45, 7) is 0.516. The van der Waals surface area contributed by atoms with Crippen LogP contribution < -0.4 is 4.72 Å². The standard InChI is InChI=1S/C18H33NO4S/c20-17(21)14-12-10-8-6-4-2-1-3-5-7-9-11-13-16-15-23-18(22)24-19-16/h16,19H,1-15H2,(H,20,21). The molecule has 6 heteroatoms. The number of ether oxygens (including phenoxy) is 1. The Balaban J connectivity index is 1.72. The third-order valence-electron chi connectivity index (χ3n) is 4.40. The molecular weight excluding hydrogens is 326 g/mol. The maximum atomic E-state index is 10.9. The van der Waals surface area contributed by atoms with E-state index < -0.39 is 5.97 Å². The van der Waals surface area contributed by atoms with Crippen LogP contribution in [-0.4, -0.2) is 29.0 Å². The number of cyclic esters (lactones) is 1. The number of aliphatic carboxylic acids is 1. The molecule has 1 fully saturated rings. The predicted molar refractivity (Wildman–Crippen MR) is 98.1 cm³/mol. The fourth-order valence-electron chi connectivity index (χ4n) is 2.94. The van der Waals surface area contributed by atoms with Gasteiger partial charge in [-0.05, 0) is 12.8 Å². The van der Waals surface area contributed by atoms with Gasteiger partial charge in [-0.1, -0.05) is 70.6 Å². The third-order valence-corrected chi connectivity index (χ3v) is 5.14. The summed E-state index contributed by atoms with van der Waals surface area (Å²) in [6.07, 6.45) is 16.1. The summed E-state index contributed by atoms with van der Waals surface area (Å²) in [7, 11) is 0. The first-order valence-electron chi connectivity index (χ1n) is 9.49. The minimum absolute atomic E-state index is 0.216. The monoisotopic (exact) mass is 359 g/mol. The molecule has 5 nitrogen and oxygen atoms in total. The molecule has 0 aliphatic carbocycles. The Morgan fingerprint density at radius 3 is 1.92 bits per heavy atom. The molecule has 0 bridgehead atoms. The molecule has 0 aromatic rings. The van der Waals surface area contributed by atoms with Crippen molar-refractivity contribution in [3.8, 4) is 0 Å². The number of carboxylic acid groups (broad SMARTS) is 1. The maximum absolute atomic E-state index is 10.9. The molecule has 0 saturated carbocycles. The topological polar surface area (TPSA) is 75.6 Å². The second-order valence-electron chi connectivity index (χ2n) is 6.65. The average molecular weight is 360 g/mol. The fraction of sp³-hybridized carbons (Fsp3) is 0.889. The molecule has 0 aromatic carbocycles. The van der Waals surface area contributed by atoms with Gasteiger partial charge in [-0.2, -0.15) is 0 Å². The minimum atomic E-state index is -0.674. The largest absolute Gasteiger partial charge is 0.481 e. The molecule has 1 heterocycles. The predicted octanol–water partition coefficient (Wildman–Crippen LogP) is 5.29. The lowest BCUT2D eigenvalue weighted by Gasteiger charge is -2.21. The van der Waals surface area contributed by atoms with Crippen LogP contribution in [0.3, 0.4) is 0 Å². The van der Waals surface area contributed by atoms with Crippen molar-refractivity contribution in [2.75, 3.05) is 6.61 Å². The highest BCUT2D eigenvalue weighted by Gasteiger charge is 2.19. The highest BCUT2D eigenvalue weighted by Crippen LogP contribution is 2.16. The lowest BCUT2D eigenvalue weighted by molar-refractivity contribution is -0.137. The first-order valence-corrected chi connectivity index (χ1v) is 10.3. The summed E-state index contributed by atoms with van der Waals surface area (Å²) in [5, 5.41) is 8.33. The van der Waals surface area contributed by atoms with Crippen LogP contribution in [0.15, 0.2) is 0 Å². The molecule has 0 radical (unpaired) electrons. The lowest BCUT2D eigenvalue weighted by Crippen LogP contribution is -2.35. The summed E-state index contributed by atoms with van der Waals surface area (Å²) in [5.74, 6) is -0.674. The molecule has 0 spiro atoms. The molecule has 140 valence electrons. The van der Waals surface area contributed by atoms with Crippen molar-refractivity contribution < 1.29 is 19.4 Å². The van der Waals surface area contributed by atoms with Crippen LogP contribution in [0.1, 0.15) is 89.9 Å². The average Bonchev–Trinajstić information content (AvgIpc) is 2.56. The van der Waals surface area contributed by atoms with E-state index in [-0.39, 0.29) is 5.30 Å². The lowest BCUT2D eigenvalue weighted by atomic mass is 10.0. The summed E-state index contributed by atoms with van der Waals surface area (Å²) in [6, 6.07) is 0.322. The van der Waals surface area contributed by atoms with Gasteiger partial charge in [0.1, 0.15) is 6.61 Å². The van der Waals surface area contributed by atoms with E-state index in [0.717, 1.165) is 31.2 Å². The van der Waals surface area contributed by atoms with Crippen molar-refractivity contribution >= 4 is 23.2 Å². The molecule has 1 aliphatic heterocycles. The first-order chi connectivity index (χ1) is 11.7. The molecule has 1 aliphatic rings. The molecule has 0 aromatic heterocycles. The van der Waals surface area contributed by atoms with Gasteiger partial charge in [0.2, 0.25) is 0 Å². The number of nitrogens with one attached hydrogen (secondary N) is 1. The van der Waals surface area contributed by atoms with Crippen molar-refractivity contribution in [1.29, 1.82) is 0 Å². The van der Waals surface area contributed by atoms with Crippen molar-refractivity contribution in [3.63, 3.8) is 0 Å². The zero-order valence-electron chi connectivity index (χ0n) is 14.8. The van der Waals surface area contributed by atoms with E-state index in [1.54, 1.807) is 0 Å². The second kappa shape index (κ2) is 14.6. The highest BCUT2D eigenvalue weighted by molar-refractivity contribution is 8.11. The number of unbranched alkanes of at least 4 members (excludes halogenated alkanes) is 11. The zero-order chi connectivity index (χ0) is 17.5. The number of carbonyl (C=O) groups is 2.